The second-order valence-corrected chi connectivity index (χ2v) is 6.49. The molecule has 0 bridgehead atoms. The van der Waals surface area contributed by atoms with Crippen LogP contribution in [0.2, 0.25) is 0 Å². The first-order chi connectivity index (χ1) is 12.3. The minimum Gasteiger partial charge on any atom is -0.467 e. The van der Waals surface area contributed by atoms with Crippen LogP contribution in [0.3, 0.4) is 0 Å². The van der Waals surface area contributed by atoms with Crippen molar-refractivity contribution < 1.29 is 13.9 Å². The lowest BCUT2D eigenvalue weighted by molar-refractivity contribution is 0.0826. The van der Waals surface area contributed by atoms with E-state index in [1.165, 1.54) is 0 Å². The molecule has 1 aromatic carbocycles. The molecule has 1 fully saturated rings. The van der Waals surface area contributed by atoms with Crippen LogP contribution in [-0.4, -0.2) is 26.7 Å². The number of hydrogen-bond donors (Lipinski definition) is 1. The van der Waals surface area contributed by atoms with E-state index in [0.717, 1.165) is 24.3 Å². The molecule has 2 aromatic heterocycles. The highest BCUT2D eigenvalue weighted by atomic mass is 16.4. The molecule has 4 rings (SSSR count). The highest BCUT2D eigenvalue weighted by Gasteiger charge is 2.29. The third-order valence-corrected chi connectivity index (χ3v) is 4.32. The van der Waals surface area contributed by atoms with Gasteiger partial charge in [0.15, 0.2) is 0 Å². The molecule has 0 saturated heterocycles. The van der Waals surface area contributed by atoms with E-state index >= 15 is 0 Å². The maximum absolute atomic E-state index is 10.4. The number of aromatic nitrogens is 2. The average molecular weight is 339 g/mol. The lowest BCUT2D eigenvalue weighted by Gasteiger charge is -2.23. The second-order valence-electron chi connectivity index (χ2n) is 6.49. The number of aliphatic hydroxyl groups excluding tert-OH is 1. The van der Waals surface area contributed by atoms with Crippen LogP contribution in [0.4, 0.5) is 0 Å². The van der Waals surface area contributed by atoms with Crippen LogP contribution in [0.15, 0.2) is 57.6 Å². The lowest BCUT2D eigenvalue weighted by Crippen LogP contribution is -2.28. The normalized spacial score (nSPS) is 15.6. The van der Waals surface area contributed by atoms with Crippen molar-refractivity contribution in [2.75, 3.05) is 6.54 Å². The number of aliphatic hydroxyl groups is 1. The molecule has 6 nitrogen and oxygen atoms in total. The first-order valence-electron chi connectivity index (χ1n) is 8.58. The number of rotatable bonds is 8. The minimum absolute atomic E-state index is 0.420. The van der Waals surface area contributed by atoms with Gasteiger partial charge in [0.25, 0.3) is 0 Å². The van der Waals surface area contributed by atoms with E-state index in [0.29, 0.717) is 37.2 Å². The van der Waals surface area contributed by atoms with Gasteiger partial charge < -0.3 is 13.9 Å². The van der Waals surface area contributed by atoms with Crippen LogP contribution in [0.25, 0.3) is 0 Å². The van der Waals surface area contributed by atoms with Crippen LogP contribution in [0.1, 0.15) is 48.0 Å². The Balaban J connectivity index is 1.47. The van der Waals surface area contributed by atoms with Crippen LogP contribution in [0.5, 0.6) is 0 Å². The van der Waals surface area contributed by atoms with Gasteiger partial charge in [0, 0.05) is 19.0 Å². The molecule has 3 aromatic rings. The molecule has 25 heavy (non-hydrogen) atoms. The Labute approximate surface area is 146 Å². The van der Waals surface area contributed by atoms with Crippen LogP contribution < -0.4 is 0 Å². The zero-order chi connectivity index (χ0) is 17.1. The predicted molar refractivity (Wildman–Crippen MR) is 90.5 cm³/mol. The molecule has 1 aliphatic carbocycles. The zero-order valence-corrected chi connectivity index (χ0v) is 13.9. The molecule has 1 atom stereocenters. The SMILES string of the molecule is OC(CN(Cc1ccccc1)Cc1nnc(C2CC2)o1)c1ccco1. The summed E-state index contributed by atoms with van der Waals surface area (Å²) in [4.78, 5) is 2.09. The average Bonchev–Trinajstić information content (AvgIpc) is 3.12. The molecule has 0 radical (unpaired) electrons. The molecule has 0 spiro atoms. The van der Waals surface area contributed by atoms with Crippen molar-refractivity contribution in [2.45, 2.75) is 38.0 Å². The van der Waals surface area contributed by atoms with Crippen molar-refractivity contribution in [3.63, 3.8) is 0 Å². The van der Waals surface area contributed by atoms with E-state index in [1.807, 2.05) is 18.2 Å². The quantitative estimate of drug-likeness (QED) is 0.679. The summed E-state index contributed by atoms with van der Waals surface area (Å²) in [6.07, 6.45) is 3.13. The van der Waals surface area contributed by atoms with Crippen LogP contribution in [-0.2, 0) is 13.1 Å². The lowest BCUT2D eigenvalue weighted by atomic mass is 10.2. The molecular formula is C19H21N3O3. The number of benzene rings is 1. The van der Waals surface area contributed by atoms with Gasteiger partial charge in [-0.3, -0.25) is 4.90 Å². The molecular weight excluding hydrogens is 318 g/mol. The van der Waals surface area contributed by atoms with E-state index < -0.39 is 6.10 Å². The van der Waals surface area contributed by atoms with E-state index in [1.54, 1.807) is 18.4 Å². The summed E-state index contributed by atoms with van der Waals surface area (Å²) in [7, 11) is 0. The van der Waals surface area contributed by atoms with Gasteiger partial charge >= 0.3 is 0 Å². The minimum atomic E-state index is -0.704. The summed E-state index contributed by atoms with van der Waals surface area (Å²) in [6.45, 7) is 1.59. The summed E-state index contributed by atoms with van der Waals surface area (Å²) in [5.41, 5.74) is 1.16. The van der Waals surface area contributed by atoms with Gasteiger partial charge in [-0.05, 0) is 30.5 Å². The third-order valence-electron chi connectivity index (χ3n) is 4.32. The van der Waals surface area contributed by atoms with Gasteiger partial charge in [-0.25, -0.2) is 0 Å². The summed E-state index contributed by atoms with van der Waals surface area (Å²) < 4.78 is 11.1. The second kappa shape index (κ2) is 7.21. The Morgan fingerprint density at radius 3 is 2.64 bits per heavy atom. The molecule has 130 valence electrons. The van der Waals surface area contributed by atoms with Gasteiger partial charge in [-0.15, -0.1) is 10.2 Å². The fourth-order valence-corrected chi connectivity index (χ4v) is 2.86. The highest BCUT2D eigenvalue weighted by Crippen LogP contribution is 2.39. The standard InChI is InChI=1S/C19H21N3O3/c23-16(17-7-4-10-24-17)12-22(11-14-5-2-1-3-6-14)13-18-20-21-19(25-18)15-8-9-15/h1-7,10,15-16,23H,8-9,11-13H2. The Morgan fingerprint density at radius 1 is 1.08 bits per heavy atom. The van der Waals surface area contributed by atoms with Gasteiger partial charge in [0.1, 0.15) is 11.9 Å². The number of nitrogens with zero attached hydrogens (tertiary/aromatic N) is 3. The molecule has 1 saturated carbocycles. The number of hydrogen-bond acceptors (Lipinski definition) is 6. The summed E-state index contributed by atoms with van der Waals surface area (Å²) in [5.74, 6) is 2.32. The molecule has 0 aliphatic heterocycles. The Hall–Kier alpha value is -2.44. The van der Waals surface area contributed by atoms with Crippen molar-refractivity contribution in [1.82, 2.24) is 15.1 Å². The van der Waals surface area contributed by atoms with E-state index in [-0.39, 0.29) is 0 Å². The molecule has 0 amide bonds. The molecule has 2 heterocycles. The topological polar surface area (TPSA) is 75.5 Å². The molecule has 1 N–H and O–H groups in total. The highest BCUT2D eigenvalue weighted by molar-refractivity contribution is 5.14. The summed E-state index contributed by atoms with van der Waals surface area (Å²) in [5, 5.41) is 18.7. The monoisotopic (exact) mass is 339 g/mol. The number of furan rings is 1. The Morgan fingerprint density at radius 2 is 1.92 bits per heavy atom. The predicted octanol–water partition coefficient (Wildman–Crippen LogP) is 3.28. The summed E-state index contributed by atoms with van der Waals surface area (Å²) >= 11 is 0. The molecule has 6 heteroatoms. The maximum atomic E-state index is 10.4. The van der Waals surface area contributed by atoms with E-state index in [4.69, 9.17) is 8.83 Å². The van der Waals surface area contributed by atoms with Gasteiger partial charge in [0.05, 0.1) is 12.8 Å². The zero-order valence-electron chi connectivity index (χ0n) is 13.9. The van der Waals surface area contributed by atoms with Crippen molar-refractivity contribution in [1.29, 1.82) is 0 Å². The largest absolute Gasteiger partial charge is 0.467 e. The van der Waals surface area contributed by atoms with Crippen molar-refractivity contribution in [3.05, 3.63) is 71.8 Å². The van der Waals surface area contributed by atoms with Crippen LogP contribution in [0, 0.1) is 0 Å². The first kappa shape index (κ1) is 16.1. The van der Waals surface area contributed by atoms with Crippen molar-refractivity contribution in [3.8, 4) is 0 Å². The Kier molecular flexibility index (Phi) is 4.63. The fourth-order valence-electron chi connectivity index (χ4n) is 2.86. The third kappa shape index (κ3) is 4.15. The summed E-state index contributed by atoms with van der Waals surface area (Å²) in [6, 6.07) is 13.7. The van der Waals surface area contributed by atoms with E-state index in [9.17, 15) is 5.11 Å². The van der Waals surface area contributed by atoms with Crippen molar-refractivity contribution in [2.24, 2.45) is 0 Å². The van der Waals surface area contributed by atoms with Crippen molar-refractivity contribution >= 4 is 0 Å². The van der Waals surface area contributed by atoms with E-state index in [2.05, 4.69) is 27.2 Å². The van der Waals surface area contributed by atoms with Gasteiger partial charge in [-0.2, -0.15) is 0 Å². The maximum Gasteiger partial charge on any atom is 0.230 e. The molecule has 1 unspecified atom stereocenters. The van der Waals surface area contributed by atoms with Gasteiger partial charge in [-0.1, -0.05) is 30.3 Å². The van der Waals surface area contributed by atoms with Crippen LogP contribution >= 0.6 is 0 Å². The first-order valence-corrected chi connectivity index (χ1v) is 8.58. The smallest absolute Gasteiger partial charge is 0.230 e. The van der Waals surface area contributed by atoms with Gasteiger partial charge in [0.2, 0.25) is 11.8 Å². The fraction of sp³-hybridized carbons (Fsp3) is 0.368. The molecule has 1 aliphatic rings. The Bertz CT molecular complexity index is 781.